The SMILES string of the molecule is Cc1cccc(C(C(=O)Nc2c(C)cccc2Cl)N(C(=O)C(NC(=O)OC(C)(C)C)C(C)C)C2CC2C)c1O. The zero-order valence-electron chi connectivity index (χ0n) is 24.0. The van der Waals surface area contributed by atoms with Crippen molar-refractivity contribution in [1.29, 1.82) is 0 Å². The quantitative estimate of drug-likeness (QED) is 0.362. The number of benzene rings is 2. The average molecular weight is 558 g/mol. The molecule has 0 bridgehead atoms. The minimum Gasteiger partial charge on any atom is -0.507 e. The molecule has 0 spiro atoms. The van der Waals surface area contributed by atoms with Gasteiger partial charge in [-0.2, -0.15) is 0 Å². The van der Waals surface area contributed by atoms with Crippen LogP contribution in [0.2, 0.25) is 5.02 Å². The molecule has 39 heavy (non-hydrogen) atoms. The molecule has 1 aliphatic carbocycles. The molecular formula is C30H40ClN3O5. The van der Waals surface area contributed by atoms with E-state index in [2.05, 4.69) is 10.6 Å². The maximum absolute atomic E-state index is 14.3. The van der Waals surface area contributed by atoms with Crippen molar-refractivity contribution in [2.24, 2.45) is 11.8 Å². The highest BCUT2D eigenvalue weighted by molar-refractivity contribution is 6.34. The summed E-state index contributed by atoms with van der Waals surface area (Å²) < 4.78 is 5.42. The first-order valence-electron chi connectivity index (χ1n) is 13.3. The normalized spacial score (nSPS) is 18.2. The molecule has 2 aromatic rings. The maximum atomic E-state index is 14.3. The number of phenolic OH excluding ortho intramolecular Hbond substituents is 1. The lowest BCUT2D eigenvalue weighted by molar-refractivity contribution is -0.142. The zero-order valence-corrected chi connectivity index (χ0v) is 24.7. The van der Waals surface area contributed by atoms with Crippen molar-refractivity contribution in [1.82, 2.24) is 10.2 Å². The molecule has 212 valence electrons. The molecule has 0 saturated heterocycles. The van der Waals surface area contributed by atoms with E-state index >= 15 is 0 Å². The topological polar surface area (TPSA) is 108 Å². The number of alkyl carbamates (subject to hydrolysis) is 1. The van der Waals surface area contributed by atoms with Gasteiger partial charge in [-0.1, -0.05) is 62.7 Å². The highest BCUT2D eigenvalue weighted by Gasteiger charge is 2.49. The second kappa shape index (κ2) is 11.9. The molecule has 1 fully saturated rings. The van der Waals surface area contributed by atoms with Crippen LogP contribution in [-0.4, -0.2) is 45.6 Å². The summed E-state index contributed by atoms with van der Waals surface area (Å²) in [7, 11) is 0. The van der Waals surface area contributed by atoms with E-state index in [4.69, 9.17) is 16.3 Å². The van der Waals surface area contributed by atoms with Crippen LogP contribution in [0.1, 0.15) is 70.7 Å². The van der Waals surface area contributed by atoms with Gasteiger partial charge in [-0.25, -0.2) is 4.79 Å². The van der Waals surface area contributed by atoms with Gasteiger partial charge in [0.2, 0.25) is 5.91 Å². The van der Waals surface area contributed by atoms with Gasteiger partial charge in [0.25, 0.3) is 5.91 Å². The summed E-state index contributed by atoms with van der Waals surface area (Å²) in [5, 5.41) is 17.1. The fourth-order valence-corrected chi connectivity index (χ4v) is 4.85. The Hall–Kier alpha value is -3.26. The summed E-state index contributed by atoms with van der Waals surface area (Å²) >= 11 is 6.42. The second-order valence-corrected chi connectivity index (χ2v) is 12.1. The number of halogens is 1. The van der Waals surface area contributed by atoms with E-state index < -0.39 is 35.6 Å². The number of carbonyl (C=O) groups excluding carboxylic acids is 3. The number of nitrogens with zero attached hydrogens (tertiary/aromatic N) is 1. The van der Waals surface area contributed by atoms with Crippen LogP contribution in [0.25, 0.3) is 0 Å². The smallest absolute Gasteiger partial charge is 0.408 e. The number of ether oxygens (including phenoxy) is 1. The highest BCUT2D eigenvalue weighted by atomic mass is 35.5. The van der Waals surface area contributed by atoms with E-state index in [0.717, 1.165) is 5.56 Å². The Balaban J connectivity index is 2.10. The summed E-state index contributed by atoms with van der Waals surface area (Å²) in [6.07, 6.45) is -0.0331. The van der Waals surface area contributed by atoms with Crippen LogP contribution in [0, 0.1) is 25.7 Å². The van der Waals surface area contributed by atoms with Crippen LogP contribution < -0.4 is 10.6 Å². The number of amides is 3. The molecule has 3 amide bonds. The van der Waals surface area contributed by atoms with E-state index in [0.29, 0.717) is 28.3 Å². The first kappa shape index (κ1) is 30.3. The third-order valence-electron chi connectivity index (χ3n) is 6.84. The molecule has 0 radical (unpaired) electrons. The van der Waals surface area contributed by atoms with E-state index in [1.54, 1.807) is 58.0 Å². The van der Waals surface area contributed by atoms with E-state index in [1.807, 2.05) is 33.8 Å². The molecule has 3 rings (SSSR count). The van der Waals surface area contributed by atoms with Gasteiger partial charge in [0.15, 0.2) is 0 Å². The molecule has 3 N–H and O–H groups in total. The first-order chi connectivity index (χ1) is 18.1. The van der Waals surface area contributed by atoms with E-state index in [9.17, 15) is 19.5 Å². The number of anilines is 1. The number of phenols is 1. The molecule has 8 nitrogen and oxygen atoms in total. The van der Waals surface area contributed by atoms with Crippen LogP contribution in [0.4, 0.5) is 10.5 Å². The third kappa shape index (κ3) is 7.24. The molecule has 2 aromatic carbocycles. The van der Waals surface area contributed by atoms with Crippen molar-refractivity contribution in [3.05, 3.63) is 58.1 Å². The number of carbonyl (C=O) groups is 3. The lowest BCUT2D eigenvalue weighted by Gasteiger charge is -2.36. The molecule has 0 heterocycles. The fraction of sp³-hybridized carbons (Fsp3) is 0.500. The maximum Gasteiger partial charge on any atom is 0.408 e. The molecular weight excluding hydrogens is 518 g/mol. The predicted octanol–water partition coefficient (Wildman–Crippen LogP) is 6.13. The van der Waals surface area contributed by atoms with Gasteiger partial charge in [-0.15, -0.1) is 0 Å². The molecule has 1 saturated carbocycles. The number of aromatic hydroxyl groups is 1. The van der Waals surface area contributed by atoms with Crippen molar-refractivity contribution < 1.29 is 24.2 Å². The van der Waals surface area contributed by atoms with Gasteiger partial charge in [0.05, 0.1) is 10.7 Å². The number of nitrogens with one attached hydrogen (secondary N) is 2. The molecule has 4 unspecified atom stereocenters. The van der Waals surface area contributed by atoms with Gasteiger partial charge in [0.1, 0.15) is 23.4 Å². The van der Waals surface area contributed by atoms with Crippen molar-refractivity contribution in [3.8, 4) is 5.75 Å². The van der Waals surface area contributed by atoms with Crippen molar-refractivity contribution in [3.63, 3.8) is 0 Å². The van der Waals surface area contributed by atoms with Crippen LogP contribution >= 0.6 is 11.6 Å². The number of hydrogen-bond acceptors (Lipinski definition) is 5. The largest absolute Gasteiger partial charge is 0.507 e. The molecule has 0 aromatic heterocycles. The Morgan fingerprint density at radius 3 is 2.21 bits per heavy atom. The van der Waals surface area contributed by atoms with Crippen LogP contribution in [-0.2, 0) is 14.3 Å². The van der Waals surface area contributed by atoms with Gasteiger partial charge in [-0.05, 0) is 70.1 Å². The lowest BCUT2D eigenvalue weighted by atomic mass is 9.96. The Morgan fingerprint density at radius 2 is 1.67 bits per heavy atom. The Labute approximate surface area is 236 Å². The van der Waals surface area contributed by atoms with Crippen LogP contribution in [0.5, 0.6) is 5.75 Å². The number of rotatable bonds is 8. The minimum atomic E-state index is -1.18. The molecule has 0 aliphatic heterocycles. The van der Waals surface area contributed by atoms with Crippen molar-refractivity contribution in [2.45, 2.75) is 85.5 Å². The first-order valence-corrected chi connectivity index (χ1v) is 13.7. The minimum absolute atomic E-state index is 0.0687. The summed E-state index contributed by atoms with van der Waals surface area (Å²) in [5.41, 5.74) is 1.31. The van der Waals surface area contributed by atoms with Crippen molar-refractivity contribution in [2.75, 3.05) is 5.32 Å². The number of para-hydroxylation sites is 2. The Bertz CT molecular complexity index is 1220. The number of hydrogen-bond donors (Lipinski definition) is 3. The summed E-state index contributed by atoms with van der Waals surface area (Å²) in [6, 6.07) is 8.01. The summed E-state index contributed by atoms with van der Waals surface area (Å²) in [4.78, 5) is 42.6. The summed E-state index contributed by atoms with van der Waals surface area (Å²) in [5.74, 6) is -1.18. The second-order valence-electron chi connectivity index (χ2n) is 11.7. The standard InChI is InChI=1S/C30H40ClN3O5/c1-16(2)23(33-29(38)39-30(6,7)8)28(37)34(22-15-19(22)5)25(20-13-9-12-18(4)26(20)35)27(36)32-24-17(3)11-10-14-21(24)31/h9-14,16,19,22-23,25,35H,15H2,1-8H3,(H,32,36)(H,33,38). The average Bonchev–Trinajstić information content (AvgIpc) is 3.54. The van der Waals surface area contributed by atoms with Crippen molar-refractivity contribution >= 4 is 35.2 Å². The van der Waals surface area contributed by atoms with Gasteiger partial charge < -0.3 is 25.4 Å². The third-order valence-corrected chi connectivity index (χ3v) is 7.16. The van der Waals surface area contributed by atoms with Gasteiger partial charge >= 0.3 is 6.09 Å². The molecule has 9 heteroatoms. The van der Waals surface area contributed by atoms with Crippen LogP contribution in [0.15, 0.2) is 36.4 Å². The zero-order chi connectivity index (χ0) is 29.2. The van der Waals surface area contributed by atoms with E-state index in [1.165, 1.54) is 4.90 Å². The Morgan fingerprint density at radius 1 is 1.08 bits per heavy atom. The lowest BCUT2D eigenvalue weighted by Crippen LogP contribution is -2.55. The monoisotopic (exact) mass is 557 g/mol. The fourth-order valence-electron chi connectivity index (χ4n) is 4.58. The Kier molecular flexibility index (Phi) is 9.21. The summed E-state index contributed by atoms with van der Waals surface area (Å²) in [6.45, 7) is 14.4. The predicted molar refractivity (Wildman–Crippen MR) is 153 cm³/mol. The van der Waals surface area contributed by atoms with Gasteiger partial charge in [-0.3, -0.25) is 9.59 Å². The molecule has 1 aliphatic rings. The highest BCUT2D eigenvalue weighted by Crippen LogP contribution is 2.43. The van der Waals surface area contributed by atoms with Gasteiger partial charge in [0, 0.05) is 11.6 Å². The van der Waals surface area contributed by atoms with E-state index in [-0.39, 0.29) is 23.6 Å². The number of aryl methyl sites for hydroxylation is 2. The van der Waals surface area contributed by atoms with Crippen LogP contribution in [0.3, 0.4) is 0 Å². The molecule has 4 atom stereocenters.